The topological polar surface area (TPSA) is 12.0 Å². The van der Waals surface area contributed by atoms with Crippen LogP contribution in [0.3, 0.4) is 0 Å². The molecule has 2 rings (SSSR count). The second kappa shape index (κ2) is 6.82. The average Bonchev–Trinajstić information content (AvgIpc) is 2.41. The Kier molecular flexibility index (Phi) is 5.10. The zero-order valence-corrected chi connectivity index (χ0v) is 12.0. The molecule has 0 aliphatic heterocycles. The Morgan fingerprint density at radius 3 is 2.40 bits per heavy atom. The fourth-order valence-electron chi connectivity index (χ4n) is 2.02. The number of nitrogens with one attached hydrogen (secondary N) is 1. The minimum atomic E-state index is -0.585. The van der Waals surface area contributed by atoms with Crippen LogP contribution in [0.1, 0.15) is 18.9 Å². The third-order valence-corrected chi connectivity index (χ3v) is 3.40. The lowest BCUT2D eigenvalue weighted by Gasteiger charge is -2.09. The van der Waals surface area contributed by atoms with Crippen LogP contribution in [-0.4, -0.2) is 6.54 Å². The third kappa shape index (κ3) is 3.35. The molecule has 1 N–H and O–H groups in total. The monoisotopic (exact) mass is 295 g/mol. The second-order valence-electron chi connectivity index (χ2n) is 4.58. The Hall–Kier alpha value is -1.45. The van der Waals surface area contributed by atoms with Crippen molar-refractivity contribution in [3.8, 4) is 11.1 Å². The molecule has 0 fully saturated rings. The zero-order valence-electron chi connectivity index (χ0n) is 11.2. The van der Waals surface area contributed by atoms with Crippen molar-refractivity contribution in [2.75, 3.05) is 6.54 Å². The maximum atomic E-state index is 13.7. The molecule has 20 heavy (non-hydrogen) atoms. The molecule has 0 bridgehead atoms. The van der Waals surface area contributed by atoms with Gasteiger partial charge in [-0.25, -0.2) is 8.78 Å². The second-order valence-corrected chi connectivity index (χ2v) is 4.99. The van der Waals surface area contributed by atoms with Gasteiger partial charge in [0.05, 0.1) is 5.56 Å². The van der Waals surface area contributed by atoms with Gasteiger partial charge in [0.15, 0.2) is 0 Å². The van der Waals surface area contributed by atoms with Gasteiger partial charge < -0.3 is 5.32 Å². The molecular weight excluding hydrogens is 280 g/mol. The van der Waals surface area contributed by atoms with E-state index in [4.69, 9.17) is 11.6 Å². The van der Waals surface area contributed by atoms with E-state index in [1.807, 2.05) is 0 Å². The van der Waals surface area contributed by atoms with Crippen LogP contribution >= 0.6 is 11.6 Å². The van der Waals surface area contributed by atoms with Crippen LogP contribution in [0.4, 0.5) is 8.78 Å². The van der Waals surface area contributed by atoms with Gasteiger partial charge in [-0.05, 0) is 42.3 Å². The largest absolute Gasteiger partial charge is 0.313 e. The summed E-state index contributed by atoms with van der Waals surface area (Å²) in [7, 11) is 0. The summed E-state index contributed by atoms with van der Waals surface area (Å²) in [4.78, 5) is 0. The molecule has 0 amide bonds. The number of hydrogen-bond acceptors (Lipinski definition) is 1. The molecule has 0 saturated heterocycles. The van der Waals surface area contributed by atoms with E-state index in [2.05, 4.69) is 12.2 Å². The van der Waals surface area contributed by atoms with Crippen molar-refractivity contribution in [2.45, 2.75) is 19.9 Å². The van der Waals surface area contributed by atoms with E-state index >= 15 is 0 Å². The van der Waals surface area contributed by atoms with Crippen LogP contribution in [0.15, 0.2) is 36.4 Å². The van der Waals surface area contributed by atoms with Crippen LogP contribution in [0.25, 0.3) is 11.1 Å². The maximum Gasteiger partial charge on any atom is 0.133 e. The molecule has 4 heteroatoms. The van der Waals surface area contributed by atoms with Crippen LogP contribution in [-0.2, 0) is 6.54 Å². The van der Waals surface area contributed by atoms with Gasteiger partial charge in [0, 0.05) is 11.6 Å². The molecule has 0 aromatic heterocycles. The molecule has 2 aromatic rings. The van der Waals surface area contributed by atoms with E-state index in [0.717, 1.165) is 18.5 Å². The van der Waals surface area contributed by atoms with Crippen molar-refractivity contribution in [1.82, 2.24) is 5.32 Å². The van der Waals surface area contributed by atoms with Gasteiger partial charge in [-0.1, -0.05) is 36.7 Å². The molecular formula is C16H16ClF2N. The van der Waals surface area contributed by atoms with Crippen molar-refractivity contribution < 1.29 is 8.78 Å². The average molecular weight is 296 g/mol. The molecule has 0 aliphatic rings. The lowest BCUT2D eigenvalue weighted by molar-refractivity contribution is 0.589. The fourth-order valence-corrected chi connectivity index (χ4v) is 2.27. The Labute approximate surface area is 122 Å². The minimum Gasteiger partial charge on any atom is -0.313 e. The molecule has 0 spiro atoms. The predicted molar refractivity (Wildman–Crippen MR) is 78.8 cm³/mol. The van der Waals surface area contributed by atoms with Crippen molar-refractivity contribution in [2.24, 2.45) is 0 Å². The van der Waals surface area contributed by atoms with Gasteiger partial charge in [-0.15, -0.1) is 0 Å². The van der Waals surface area contributed by atoms with E-state index in [9.17, 15) is 8.78 Å². The molecule has 1 nitrogen and oxygen atoms in total. The number of benzene rings is 2. The van der Waals surface area contributed by atoms with Crippen molar-refractivity contribution >= 4 is 11.6 Å². The summed E-state index contributed by atoms with van der Waals surface area (Å²) in [6, 6.07) is 8.92. The number of rotatable bonds is 5. The Morgan fingerprint density at radius 1 is 1.10 bits per heavy atom. The van der Waals surface area contributed by atoms with Crippen LogP contribution in [0.2, 0.25) is 5.02 Å². The smallest absolute Gasteiger partial charge is 0.133 e. The van der Waals surface area contributed by atoms with Gasteiger partial charge in [-0.2, -0.15) is 0 Å². The Balaban J connectivity index is 2.29. The minimum absolute atomic E-state index is 0.0394. The molecule has 106 valence electrons. The van der Waals surface area contributed by atoms with E-state index in [1.54, 1.807) is 18.2 Å². The van der Waals surface area contributed by atoms with Crippen LogP contribution in [0.5, 0.6) is 0 Å². The first-order valence-corrected chi connectivity index (χ1v) is 6.94. The highest BCUT2D eigenvalue weighted by atomic mass is 35.5. The Morgan fingerprint density at radius 2 is 1.80 bits per heavy atom. The molecule has 0 radical (unpaired) electrons. The Bertz CT molecular complexity index is 579. The summed E-state index contributed by atoms with van der Waals surface area (Å²) >= 11 is 6.18. The van der Waals surface area contributed by atoms with Crippen molar-refractivity contribution in [3.63, 3.8) is 0 Å². The van der Waals surface area contributed by atoms with Gasteiger partial charge in [0.1, 0.15) is 11.6 Å². The summed E-state index contributed by atoms with van der Waals surface area (Å²) in [5, 5.41) is 3.75. The van der Waals surface area contributed by atoms with Crippen molar-refractivity contribution in [1.29, 1.82) is 0 Å². The van der Waals surface area contributed by atoms with E-state index in [1.165, 1.54) is 18.2 Å². The quantitative estimate of drug-likeness (QED) is 0.782. The summed E-state index contributed by atoms with van der Waals surface area (Å²) in [6.45, 7) is 3.63. The predicted octanol–water partition coefficient (Wildman–Crippen LogP) is 4.78. The van der Waals surface area contributed by atoms with E-state index < -0.39 is 11.6 Å². The van der Waals surface area contributed by atoms with Crippen molar-refractivity contribution in [3.05, 3.63) is 58.6 Å². The third-order valence-electron chi connectivity index (χ3n) is 3.05. The highest BCUT2D eigenvalue weighted by Crippen LogP contribution is 2.29. The van der Waals surface area contributed by atoms with E-state index in [0.29, 0.717) is 17.1 Å². The molecule has 0 aliphatic carbocycles. The fraction of sp³-hybridized carbons (Fsp3) is 0.250. The SMILES string of the molecule is CCCNCc1ccc(-c2c(F)cccc2F)cc1Cl. The summed E-state index contributed by atoms with van der Waals surface area (Å²) in [5.41, 5.74) is 1.33. The van der Waals surface area contributed by atoms with E-state index in [-0.39, 0.29) is 5.56 Å². The molecule has 0 unspecified atom stereocenters. The molecule has 0 saturated carbocycles. The van der Waals surface area contributed by atoms with Gasteiger partial charge in [0.25, 0.3) is 0 Å². The van der Waals surface area contributed by atoms with Gasteiger partial charge in [0.2, 0.25) is 0 Å². The number of halogens is 3. The summed E-state index contributed by atoms with van der Waals surface area (Å²) < 4.78 is 27.4. The lowest BCUT2D eigenvalue weighted by Crippen LogP contribution is -2.14. The summed E-state index contributed by atoms with van der Waals surface area (Å²) in [5.74, 6) is -1.17. The number of hydrogen-bond donors (Lipinski definition) is 1. The van der Waals surface area contributed by atoms with Gasteiger partial charge in [-0.3, -0.25) is 0 Å². The molecule has 2 aromatic carbocycles. The maximum absolute atomic E-state index is 13.7. The lowest BCUT2D eigenvalue weighted by atomic mass is 10.0. The first-order valence-electron chi connectivity index (χ1n) is 6.57. The van der Waals surface area contributed by atoms with Gasteiger partial charge >= 0.3 is 0 Å². The zero-order chi connectivity index (χ0) is 14.5. The van der Waals surface area contributed by atoms with Crippen LogP contribution in [0, 0.1) is 11.6 Å². The highest BCUT2D eigenvalue weighted by Gasteiger charge is 2.12. The normalized spacial score (nSPS) is 10.8. The first kappa shape index (κ1) is 14.9. The standard InChI is InChI=1S/C16H16ClF2N/c1-2-8-20-10-12-7-6-11(9-13(12)17)16-14(18)4-3-5-15(16)19/h3-7,9,20H,2,8,10H2,1H3. The van der Waals surface area contributed by atoms with Crippen LogP contribution < -0.4 is 5.32 Å². The summed E-state index contributed by atoms with van der Waals surface area (Å²) in [6.07, 6.45) is 1.04. The molecule has 0 atom stereocenters. The molecule has 0 heterocycles. The highest BCUT2D eigenvalue weighted by molar-refractivity contribution is 6.31. The first-order chi connectivity index (χ1) is 9.63.